The van der Waals surface area contributed by atoms with Gasteiger partial charge in [-0.3, -0.25) is 0 Å². The van der Waals surface area contributed by atoms with Gasteiger partial charge in [-0.25, -0.2) is 4.79 Å². The number of aliphatic carboxylic acids is 1. The fraction of sp³-hybridized carbons (Fsp3) is 0.917. The lowest BCUT2D eigenvalue weighted by Gasteiger charge is -2.31. The monoisotopic (exact) mass is 261 g/mol. The van der Waals surface area contributed by atoms with Crippen molar-refractivity contribution in [2.45, 2.75) is 31.8 Å². The number of unbranched alkanes of at least 4 members (excludes halogenated alkanes) is 1. The van der Waals surface area contributed by atoms with E-state index in [9.17, 15) is 4.79 Å². The number of likely N-dealkylation sites (tertiary alicyclic amines) is 1. The lowest BCUT2D eigenvalue weighted by Crippen LogP contribution is -2.38. The van der Waals surface area contributed by atoms with Gasteiger partial charge >= 0.3 is 5.97 Å². The minimum atomic E-state index is -0.871. The Morgan fingerprint density at radius 2 is 2.12 bits per heavy atom. The van der Waals surface area contributed by atoms with E-state index in [0.29, 0.717) is 0 Å². The highest BCUT2D eigenvalue weighted by molar-refractivity contribution is 7.98. The van der Waals surface area contributed by atoms with Crippen LogP contribution in [0, 0.1) is 0 Å². The van der Waals surface area contributed by atoms with Crippen LogP contribution in [0.2, 0.25) is 0 Å². The normalized spacial score (nSPS) is 18.4. The van der Waals surface area contributed by atoms with Gasteiger partial charge in [-0.2, -0.15) is 11.8 Å². The molecule has 0 amide bonds. The van der Waals surface area contributed by atoms with Crippen LogP contribution in [-0.2, 0) is 9.53 Å². The van der Waals surface area contributed by atoms with Crippen molar-refractivity contribution in [1.29, 1.82) is 0 Å². The molecule has 0 bridgehead atoms. The van der Waals surface area contributed by atoms with Crippen molar-refractivity contribution in [3.05, 3.63) is 0 Å². The Balaban J connectivity index is 2.03. The fourth-order valence-electron chi connectivity index (χ4n) is 2.07. The highest BCUT2D eigenvalue weighted by Gasteiger charge is 2.19. The Bertz CT molecular complexity index is 218. The molecule has 1 fully saturated rings. The number of hydrogen-bond acceptors (Lipinski definition) is 4. The first-order chi connectivity index (χ1) is 8.22. The second-order valence-electron chi connectivity index (χ2n) is 4.45. The molecule has 1 N–H and O–H groups in total. The van der Waals surface area contributed by atoms with Crippen molar-refractivity contribution in [1.82, 2.24) is 4.90 Å². The first kappa shape index (κ1) is 14.8. The van der Waals surface area contributed by atoms with E-state index in [2.05, 4.69) is 11.2 Å². The molecule has 0 aliphatic carbocycles. The smallest absolute Gasteiger partial charge is 0.329 e. The van der Waals surface area contributed by atoms with Gasteiger partial charge in [-0.05, 0) is 44.2 Å². The standard InChI is InChI=1S/C12H23NO3S/c1-17-9-3-2-6-13-7-4-11(5-8-13)16-10-12(14)15/h11H,2-10H2,1H3,(H,14,15). The number of nitrogens with zero attached hydrogens (tertiary/aromatic N) is 1. The number of carbonyl (C=O) groups is 1. The minimum Gasteiger partial charge on any atom is -0.480 e. The maximum atomic E-state index is 10.4. The number of ether oxygens (including phenoxy) is 1. The van der Waals surface area contributed by atoms with Gasteiger partial charge in [-0.1, -0.05) is 0 Å². The second kappa shape index (κ2) is 8.78. The molecule has 0 aromatic heterocycles. The molecule has 0 spiro atoms. The maximum absolute atomic E-state index is 10.4. The van der Waals surface area contributed by atoms with Gasteiger partial charge in [-0.15, -0.1) is 0 Å². The number of rotatable bonds is 8. The van der Waals surface area contributed by atoms with E-state index in [4.69, 9.17) is 9.84 Å². The van der Waals surface area contributed by atoms with Crippen molar-refractivity contribution in [2.75, 3.05) is 38.2 Å². The first-order valence-electron chi connectivity index (χ1n) is 6.27. The Morgan fingerprint density at radius 3 is 2.71 bits per heavy atom. The lowest BCUT2D eigenvalue weighted by atomic mass is 10.1. The second-order valence-corrected chi connectivity index (χ2v) is 5.43. The van der Waals surface area contributed by atoms with Crippen LogP contribution in [0.1, 0.15) is 25.7 Å². The third kappa shape index (κ3) is 6.91. The van der Waals surface area contributed by atoms with Crippen molar-refractivity contribution >= 4 is 17.7 Å². The van der Waals surface area contributed by atoms with Crippen LogP contribution in [0.3, 0.4) is 0 Å². The largest absolute Gasteiger partial charge is 0.480 e. The SMILES string of the molecule is CSCCCCN1CCC(OCC(=O)O)CC1. The quantitative estimate of drug-likeness (QED) is 0.674. The number of carboxylic acids is 1. The molecule has 0 radical (unpaired) electrons. The Kier molecular flexibility index (Phi) is 7.64. The molecule has 1 aliphatic rings. The summed E-state index contributed by atoms with van der Waals surface area (Å²) in [5.41, 5.74) is 0. The summed E-state index contributed by atoms with van der Waals surface area (Å²) < 4.78 is 5.31. The highest BCUT2D eigenvalue weighted by atomic mass is 32.2. The number of carboxylic acid groups (broad SMARTS) is 1. The number of hydrogen-bond donors (Lipinski definition) is 1. The molecule has 5 heteroatoms. The van der Waals surface area contributed by atoms with Crippen molar-refractivity contribution in [2.24, 2.45) is 0 Å². The maximum Gasteiger partial charge on any atom is 0.329 e. The zero-order valence-corrected chi connectivity index (χ0v) is 11.4. The Labute approximate surface area is 108 Å². The van der Waals surface area contributed by atoms with E-state index in [1.54, 1.807) is 0 Å². The molecule has 1 aliphatic heterocycles. The molecule has 1 rings (SSSR count). The Morgan fingerprint density at radius 1 is 1.41 bits per heavy atom. The van der Waals surface area contributed by atoms with Crippen LogP contribution in [0.5, 0.6) is 0 Å². The van der Waals surface area contributed by atoms with Gasteiger partial charge in [0.15, 0.2) is 0 Å². The average molecular weight is 261 g/mol. The van der Waals surface area contributed by atoms with E-state index in [-0.39, 0.29) is 12.7 Å². The van der Waals surface area contributed by atoms with E-state index in [1.165, 1.54) is 25.1 Å². The third-order valence-corrected chi connectivity index (χ3v) is 3.75. The molecule has 0 saturated carbocycles. The number of piperidine rings is 1. The zero-order chi connectivity index (χ0) is 12.5. The zero-order valence-electron chi connectivity index (χ0n) is 10.6. The van der Waals surface area contributed by atoms with Gasteiger partial charge in [0.2, 0.25) is 0 Å². The van der Waals surface area contributed by atoms with Crippen molar-refractivity contribution in [3.8, 4) is 0 Å². The van der Waals surface area contributed by atoms with Crippen LogP contribution in [0.4, 0.5) is 0 Å². The number of thioether (sulfide) groups is 1. The predicted molar refractivity (Wildman–Crippen MR) is 70.7 cm³/mol. The van der Waals surface area contributed by atoms with E-state index in [0.717, 1.165) is 25.9 Å². The van der Waals surface area contributed by atoms with E-state index < -0.39 is 5.97 Å². The summed E-state index contributed by atoms with van der Waals surface area (Å²) >= 11 is 1.90. The minimum absolute atomic E-state index is 0.147. The molecule has 0 aromatic rings. The first-order valence-corrected chi connectivity index (χ1v) is 7.66. The van der Waals surface area contributed by atoms with Crippen LogP contribution in [-0.4, -0.2) is 60.3 Å². The van der Waals surface area contributed by atoms with Gasteiger partial charge in [0, 0.05) is 13.1 Å². The molecule has 1 heterocycles. The van der Waals surface area contributed by atoms with Crippen molar-refractivity contribution in [3.63, 3.8) is 0 Å². The van der Waals surface area contributed by atoms with Gasteiger partial charge in [0.25, 0.3) is 0 Å². The molecule has 1 saturated heterocycles. The Hall–Kier alpha value is -0.260. The summed E-state index contributed by atoms with van der Waals surface area (Å²) in [6.07, 6.45) is 6.78. The van der Waals surface area contributed by atoms with Crippen LogP contribution in [0.15, 0.2) is 0 Å². The highest BCUT2D eigenvalue weighted by Crippen LogP contribution is 2.14. The van der Waals surface area contributed by atoms with Gasteiger partial charge < -0.3 is 14.7 Å². The molecule has 0 atom stereocenters. The van der Waals surface area contributed by atoms with E-state index >= 15 is 0 Å². The molecule has 100 valence electrons. The van der Waals surface area contributed by atoms with Crippen molar-refractivity contribution < 1.29 is 14.6 Å². The summed E-state index contributed by atoms with van der Waals surface area (Å²) in [6.45, 7) is 3.11. The molecule has 4 nitrogen and oxygen atoms in total. The van der Waals surface area contributed by atoms with Gasteiger partial charge in [0.05, 0.1) is 6.10 Å². The molecular formula is C12H23NO3S. The van der Waals surface area contributed by atoms with Crippen LogP contribution in [0.25, 0.3) is 0 Å². The van der Waals surface area contributed by atoms with Crippen LogP contribution < -0.4 is 0 Å². The molecular weight excluding hydrogens is 238 g/mol. The summed E-state index contributed by atoms with van der Waals surface area (Å²) in [4.78, 5) is 12.8. The molecule has 0 unspecified atom stereocenters. The summed E-state index contributed by atoms with van der Waals surface area (Å²) in [7, 11) is 0. The molecule has 17 heavy (non-hydrogen) atoms. The van der Waals surface area contributed by atoms with Gasteiger partial charge in [0.1, 0.15) is 6.61 Å². The summed E-state index contributed by atoms with van der Waals surface area (Å²) in [5.74, 6) is 0.377. The fourth-order valence-corrected chi connectivity index (χ4v) is 2.56. The summed E-state index contributed by atoms with van der Waals surface area (Å²) in [6, 6.07) is 0. The topological polar surface area (TPSA) is 49.8 Å². The molecule has 0 aromatic carbocycles. The van der Waals surface area contributed by atoms with E-state index in [1.807, 2.05) is 11.8 Å². The average Bonchev–Trinajstić information content (AvgIpc) is 2.33. The predicted octanol–water partition coefficient (Wildman–Crippen LogP) is 1.70. The summed E-state index contributed by atoms with van der Waals surface area (Å²) in [5, 5.41) is 8.53. The lowest BCUT2D eigenvalue weighted by molar-refractivity contribution is -0.145. The third-order valence-electron chi connectivity index (χ3n) is 3.05. The van der Waals surface area contributed by atoms with Crippen LogP contribution >= 0.6 is 11.8 Å².